The molecule has 2 aromatic rings. The van der Waals surface area contributed by atoms with Crippen LogP contribution in [-0.4, -0.2) is 22.1 Å². The van der Waals surface area contributed by atoms with Gasteiger partial charge in [0.2, 0.25) is 0 Å². The fourth-order valence-corrected chi connectivity index (χ4v) is 1.68. The highest BCUT2D eigenvalue weighted by Crippen LogP contribution is 2.26. The zero-order valence-electron chi connectivity index (χ0n) is 9.77. The minimum Gasteiger partial charge on any atom is -0.496 e. The number of methoxy groups -OCH3 is 1. The lowest BCUT2D eigenvalue weighted by atomic mass is 10.1. The van der Waals surface area contributed by atoms with Gasteiger partial charge >= 0.3 is 0 Å². The fraction of sp³-hybridized carbons (Fsp3) is 0.333. The van der Waals surface area contributed by atoms with E-state index in [0.29, 0.717) is 0 Å². The van der Waals surface area contributed by atoms with Crippen LogP contribution in [-0.2, 0) is 13.5 Å². The summed E-state index contributed by atoms with van der Waals surface area (Å²) < 4.78 is 7.04. The second-order valence-corrected chi connectivity index (χ2v) is 3.66. The number of ether oxygens (including phenoxy) is 1. The van der Waals surface area contributed by atoms with E-state index in [-0.39, 0.29) is 0 Å². The van der Waals surface area contributed by atoms with E-state index in [2.05, 4.69) is 23.3 Å². The van der Waals surface area contributed by atoms with Crippen molar-refractivity contribution in [2.75, 3.05) is 7.11 Å². The van der Waals surface area contributed by atoms with Gasteiger partial charge in [-0.3, -0.25) is 4.68 Å². The Labute approximate surface area is 94.9 Å². The van der Waals surface area contributed by atoms with Crippen molar-refractivity contribution in [3.63, 3.8) is 0 Å². The Morgan fingerprint density at radius 2 is 2.19 bits per heavy atom. The van der Waals surface area contributed by atoms with Crippen molar-refractivity contribution in [2.24, 2.45) is 7.05 Å². The topological polar surface area (TPSA) is 39.9 Å². The summed E-state index contributed by atoms with van der Waals surface area (Å²) in [6.45, 7) is 2.11. The molecule has 84 valence electrons. The summed E-state index contributed by atoms with van der Waals surface area (Å²) in [4.78, 5) is 0. The molecule has 0 bridgehead atoms. The lowest BCUT2D eigenvalue weighted by Crippen LogP contribution is -1.91. The third-order valence-electron chi connectivity index (χ3n) is 2.57. The molecule has 0 N–H and O–H groups in total. The smallest absolute Gasteiger partial charge is 0.122 e. The molecule has 4 heteroatoms. The lowest BCUT2D eigenvalue weighted by molar-refractivity contribution is 0.410. The molecule has 16 heavy (non-hydrogen) atoms. The van der Waals surface area contributed by atoms with Gasteiger partial charge in [-0.15, -0.1) is 5.10 Å². The molecule has 1 heterocycles. The number of hydrogen-bond acceptors (Lipinski definition) is 3. The van der Waals surface area contributed by atoms with Gasteiger partial charge in [0.15, 0.2) is 0 Å². The van der Waals surface area contributed by atoms with Crippen LogP contribution in [0.3, 0.4) is 0 Å². The number of aromatic nitrogens is 3. The van der Waals surface area contributed by atoms with Crippen LogP contribution in [0.15, 0.2) is 24.4 Å². The maximum absolute atomic E-state index is 5.35. The Kier molecular flexibility index (Phi) is 2.90. The fourth-order valence-electron chi connectivity index (χ4n) is 1.68. The van der Waals surface area contributed by atoms with Crippen molar-refractivity contribution < 1.29 is 4.74 Å². The molecule has 0 spiro atoms. The molecule has 0 amide bonds. The maximum Gasteiger partial charge on any atom is 0.122 e. The average molecular weight is 217 g/mol. The molecule has 0 saturated carbocycles. The first-order valence-corrected chi connectivity index (χ1v) is 5.28. The van der Waals surface area contributed by atoms with E-state index in [4.69, 9.17) is 4.74 Å². The van der Waals surface area contributed by atoms with Crippen LogP contribution in [0.5, 0.6) is 5.75 Å². The van der Waals surface area contributed by atoms with Crippen LogP contribution in [0.2, 0.25) is 0 Å². The van der Waals surface area contributed by atoms with E-state index >= 15 is 0 Å². The van der Waals surface area contributed by atoms with Crippen LogP contribution in [0.25, 0.3) is 11.3 Å². The van der Waals surface area contributed by atoms with Crippen molar-refractivity contribution in [2.45, 2.75) is 13.3 Å². The van der Waals surface area contributed by atoms with E-state index in [1.165, 1.54) is 5.56 Å². The molecule has 0 saturated heterocycles. The summed E-state index contributed by atoms with van der Waals surface area (Å²) in [5.74, 6) is 0.908. The van der Waals surface area contributed by atoms with Gasteiger partial charge in [0.1, 0.15) is 11.4 Å². The standard InChI is InChI=1S/C12H15N3O/c1-4-9-5-6-10(7-12(9)16-3)11-8-15(2)14-13-11/h5-8H,4H2,1-3H3. The summed E-state index contributed by atoms with van der Waals surface area (Å²) in [5, 5.41) is 7.99. The summed E-state index contributed by atoms with van der Waals surface area (Å²) in [6, 6.07) is 6.12. The predicted molar refractivity (Wildman–Crippen MR) is 62.4 cm³/mol. The zero-order chi connectivity index (χ0) is 11.5. The van der Waals surface area contributed by atoms with Crippen molar-refractivity contribution in [1.29, 1.82) is 0 Å². The van der Waals surface area contributed by atoms with Crippen LogP contribution >= 0.6 is 0 Å². The Hall–Kier alpha value is -1.84. The van der Waals surface area contributed by atoms with Crippen molar-refractivity contribution in [3.8, 4) is 17.0 Å². The summed E-state index contributed by atoms with van der Waals surface area (Å²) >= 11 is 0. The normalized spacial score (nSPS) is 10.4. The van der Waals surface area contributed by atoms with Gasteiger partial charge in [0.05, 0.1) is 13.3 Å². The molecule has 0 fully saturated rings. The van der Waals surface area contributed by atoms with Crippen molar-refractivity contribution in [3.05, 3.63) is 30.0 Å². The van der Waals surface area contributed by atoms with Crippen LogP contribution in [0.1, 0.15) is 12.5 Å². The summed E-state index contributed by atoms with van der Waals surface area (Å²) in [5.41, 5.74) is 3.10. The molecule has 1 aromatic heterocycles. The Morgan fingerprint density at radius 1 is 1.38 bits per heavy atom. The van der Waals surface area contributed by atoms with Gasteiger partial charge < -0.3 is 4.74 Å². The number of aryl methyl sites for hydroxylation is 2. The molecular formula is C12H15N3O. The minimum atomic E-state index is 0.864. The Morgan fingerprint density at radius 3 is 2.75 bits per heavy atom. The van der Waals surface area contributed by atoms with Gasteiger partial charge in [-0.25, -0.2) is 0 Å². The molecular weight excluding hydrogens is 202 g/mol. The quantitative estimate of drug-likeness (QED) is 0.790. The number of benzene rings is 1. The monoisotopic (exact) mass is 217 g/mol. The maximum atomic E-state index is 5.35. The average Bonchev–Trinajstić information content (AvgIpc) is 2.75. The molecule has 1 aromatic carbocycles. The minimum absolute atomic E-state index is 0.864. The third kappa shape index (κ3) is 1.91. The molecule has 4 nitrogen and oxygen atoms in total. The van der Waals surface area contributed by atoms with E-state index in [1.54, 1.807) is 11.8 Å². The van der Waals surface area contributed by atoms with Gasteiger partial charge in [-0.2, -0.15) is 0 Å². The first-order chi connectivity index (χ1) is 7.74. The molecule has 2 rings (SSSR count). The lowest BCUT2D eigenvalue weighted by Gasteiger charge is -2.07. The van der Waals surface area contributed by atoms with E-state index in [0.717, 1.165) is 23.4 Å². The number of rotatable bonds is 3. The molecule has 0 atom stereocenters. The van der Waals surface area contributed by atoms with E-state index in [1.807, 2.05) is 25.4 Å². The van der Waals surface area contributed by atoms with Gasteiger partial charge in [-0.1, -0.05) is 24.3 Å². The summed E-state index contributed by atoms with van der Waals surface area (Å²) in [6.07, 6.45) is 2.85. The first kappa shape index (κ1) is 10.7. The predicted octanol–water partition coefficient (Wildman–Crippen LogP) is 2.05. The number of hydrogen-bond donors (Lipinski definition) is 0. The van der Waals surface area contributed by atoms with E-state index in [9.17, 15) is 0 Å². The highest BCUT2D eigenvalue weighted by atomic mass is 16.5. The van der Waals surface area contributed by atoms with Crippen LogP contribution < -0.4 is 4.74 Å². The molecule has 0 unspecified atom stereocenters. The van der Waals surface area contributed by atoms with Gasteiger partial charge in [0.25, 0.3) is 0 Å². The largest absolute Gasteiger partial charge is 0.496 e. The highest BCUT2D eigenvalue weighted by Gasteiger charge is 2.06. The van der Waals surface area contributed by atoms with E-state index < -0.39 is 0 Å². The van der Waals surface area contributed by atoms with Gasteiger partial charge in [-0.05, 0) is 18.1 Å². The van der Waals surface area contributed by atoms with Crippen LogP contribution in [0, 0.1) is 0 Å². The SMILES string of the molecule is CCc1ccc(-c2cn(C)nn2)cc1OC. The molecule has 0 aliphatic heterocycles. The van der Waals surface area contributed by atoms with Crippen LogP contribution in [0.4, 0.5) is 0 Å². The Bertz CT molecular complexity index is 491. The second-order valence-electron chi connectivity index (χ2n) is 3.66. The van der Waals surface area contributed by atoms with Crippen molar-refractivity contribution >= 4 is 0 Å². The molecule has 0 aliphatic rings. The Balaban J connectivity index is 2.43. The second kappa shape index (κ2) is 4.35. The van der Waals surface area contributed by atoms with Crippen molar-refractivity contribution in [1.82, 2.24) is 15.0 Å². The first-order valence-electron chi connectivity index (χ1n) is 5.28. The number of nitrogens with zero attached hydrogens (tertiary/aromatic N) is 3. The highest BCUT2D eigenvalue weighted by molar-refractivity contribution is 5.61. The summed E-state index contributed by atoms with van der Waals surface area (Å²) in [7, 11) is 3.54. The third-order valence-corrected chi connectivity index (χ3v) is 2.57. The zero-order valence-corrected chi connectivity index (χ0v) is 9.77. The van der Waals surface area contributed by atoms with Gasteiger partial charge in [0, 0.05) is 12.6 Å². The molecule has 0 aliphatic carbocycles. The molecule has 0 radical (unpaired) electrons.